The van der Waals surface area contributed by atoms with E-state index in [2.05, 4.69) is 152 Å². The van der Waals surface area contributed by atoms with Gasteiger partial charge in [0.05, 0.1) is 44.1 Å². The molecular formula is C37H23N5. The predicted molar refractivity (Wildman–Crippen MR) is 173 cm³/mol. The van der Waals surface area contributed by atoms with Gasteiger partial charge < -0.3 is 14.1 Å². The number of rotatable bonds is 2. The summed E-state index contributed by atoms with van der Waals surface area (Å²) < 4.78 is 6.99. The zero-order valence-corrected chi connectivity index (χ0v) is 22.5. The highest BCUT2D eigenvalue weighted by atomic mass is 15.1. The summed E-state index contributed by atoms with van der Waals surface area (Å²) in [7, 11) is 0. The van der Waals surface area contributed by atoms with Crippen LogP contribution in [0.1, 0.15) is 0 Å². The summed E-state index contributed by atoms with van der Waals surface area (Å²) in [5, 5.41) is 5.04. The molecule has 0 saturated carbocycles. The van der Waals surface area contributed by atoms with E-state index in [0.29, 0.717) is 0 Å². The van der Waals surface area contributed by atoms with Crippen molar-refractivity contribution in [1.82, 2.24) is 23.5 Å². The Morgan fingerprint density at radius 2 is 0.881 bits per heavy atom. The van der Waals surface area contributed by atoms with Crippen LogP contribution in [0.4, 0.5) is 0 Å². The van der Waals surface area contributed by atoms with Crippen molar-refractivity contribution in [3.05, 3.63) is 133 Å². The largest absolute Gasteiger partial charge is 0.323 e. The number of aromatic amines is 1. The maximum Gasteiger partial charge on any atom is 0.213 e. The molecule has 0 spiro atoms. The molecule has 5 nitrogen and oxygen atoms in total. The molecule has 0 fully saturated rings. The van der Waals surface area contributed by atoms with Crippen molar-refractivity contribution >= 4 is 71.5 Å². The molecule has 4 aromatic heterocycles. The van der Waals surface area contributed by atoms with Gasteiger partial charge in [-0.05, 0) is 60.7 Å². The second-order valence-corrected chi connectivity index (χ2v) is 11.0. The number of nitrogens with zero attached hydrogens (tertiary/aromatic N) is 4. The minimum atomic E-state index is 0.846. The predicted octanol–water partition coefficient (Wildman–Crippen LogP) is 9.16. The Balaban J connectivity index is 1.26. The Morgan fingerprint density at radius 3 is 1.40 bits per heavy atom. The van der Waals surface area contributed by atoms with Crippen LogP contribution in [0.15, 0.2) is 133 Å². The molecule has 5 heteroatoms. The Hall–Kier alpha value is -5.81. The molecule has 0 amide bonds. The van der Waals surface area contributed by atoms with E-state index in [-0.39, 0.29) is 0 Å². The van der Waals surface area contributed by atoms with E-state index < -0.39 is 0 Å². The summed E-state index contributed by atoms with van der Waals surface area (Å²) in [6, 6.07) is 47.8. The Morgan fingerprint density at radius 1 is 0.429 bits per heavy atom. The lowest BCUT2D eigenvalue weighted by molar-refractivity contribution is 1.18. The van der Waals surface area contributed by atoms with Gasteiger partial charge in [-0.2, -0.15) is 0 Å². The molecule has 0 atom stereocenters. The van der Waals surface area contributed by atoms with Gasteiger partial charge in [0.15, 0.2) is 0 Å². The molecule has 1 N–H and O–H groups in total. The van der Waals surface area contributed by atoms with Gasteiger partial charge >= 0.3 is 0 Å². The van der Waals surface area contributed by atoms with Gasteiger partial charge in [-0.15, -0.1) is 0 Å². The number of imidazole rings is 2. The Bertz CT molecular complexity index is 2410. The SMILES string of the molecule is c1ccc2c(c1)c1ccccc1n2-c1ccc2nc3[nH]c4ccc(-n5c6ccccc6c6ccccc65)cc4n3c2c1. The number of hydrogen-bond donors (Lipinski definition) is 1. The molecule has 0 radical (unpaired) electrons. The van der Waals surface area contributed by atoms with Crippen LogP contribution in [0, 0.1) is 0 Å². The fourth-order valence-corrected chi connectivity index (χ4v) is 7.00. The van der Waals surface area contributed by atoms with Crippen LogP contribution >= 0.6 is 0 Å². The van der Waals surface area contributed by atoms with Crippen LogP contribution in [-0.2, 0) is 0 Å². The maximum absolute atomic E-state index is 4.98. The average molecular weight is 538 g/mol. The molecule has 42 heavy (non-hydrogen) atoms. The molecule has 0 saturated heterocycles. The van der Waals surface area contributed by atoms with Crippen LogP contribution in [0.5, 0.6) is 0 Å². The summed E-state index contributed by atoms with van der Waals surface area (Å²) in [5.74, 6) is 0.846. The van der Waals surface area contributed by atoms with E-state index in [1.54, 1.807) is 0 Å². The molecule has 196 valence electrons. The highest BCUT2D eigenvalue weighted by Gasteiger charge is 2.17. The van der Waals surface area contributed by atoms with E-state index in [0.717, 1.165) is 39.2 Å². The van der Waals surface area contributed by atoms with Gasteiger partial charge in [0.2, 0.25) is 5.78 Å². The van der Waals surface area contributed by atoms with Crippen molar-refractivity contribution in [2.75, 3.05) is 0 Å². The summed E-state index contributed by atoms with van der Waals surface area (Å²) in [5.41, 5.74) is 11.3. The molecule has 10 rings (SSSR count). The number of H-pyrrole nitrogens is 1. The summed E-state index contributed by atoms with van der Waals surface area (Å²) in [6.07, 6.45) is 0. The first kappa shape index (κ1) is 21.9. The second-order valence-electron chi connectivity index (χ2n) is 11.0. The minimum absolute atomic E-state index is 0.846. The van der Waals surface area contributed by atoms with Crippen LogP contribution in [-0.4, -0.2) is 23.5 Å². The van der Waals surface area contributed by atoms with Crippen molar-refractivity contribution in [3.63, 3.8) is 0 Å². The normalized spacial score (nSPS) is 12.3. The molecule has 6 aromatic carbocycles. The third kappa shape index (κ3) is 2.79. The molecule has 0 bridgehead atoms. The van der Waals surface area contributed by atoms with Crippen LogP contribution in [0.25, 0.3) is 82.8 Å². The number of fused-ring (bicyclic) bond motifs is 11. The van der Waals surface area contributed by atoms with E-state index >= 15 is 0 Å². The third-order valence-electron chi connectivity index (χ3n) is 8.78. The first-order valence-electron chi connectivity index (χ1n) is 14.2. The average Bonchev–Trinajstić information content (AvgIpc) is 3.77. The smallest absolute Gasteiger partial charge is 0.213 e. The lowest BCUT2D eigenvalue weighted by Crippen LogP contribution is -1.95. The van der Waals surface area contributed by atoms with Gasteiger partial charge in [-0.25, -0.2) is 4.98 Å². The van der Waals surface area contributed by atoms with E-state index in [9.17, 15) is 0 Å². The number of benzene rings is 6. The molecule has 0 aliphatic carbocycles. The fourth-order valence-electron chi connectivity index (χ4n) is 7.00. The van der Waals surface area contributed by atoms with Gasteiger partial charge in [0.1, 0.15) is 0 Å². The molecule has 0 aliphatic heterocycles. The zero-order chi connectivity index (χ0) is 27.4. The van der Waals surface area contributed by atoms with Crippen molar-refractivity contribution in [2.24, 2.45) is 0 Å². The quantitative estimate of drug-likeness (QED) is 0.235. The van der Waals surface area contributed by atoms with Crippen LogP contribution < -0.4 is 0 Å². The van der Waals surface area contributed by atoms with E-state index in [4.69, 9.17) is 4.98 Å². The van der Waals surface area contributed by atoms with E-state index in [1.165, 1.54) is 43.6 Å². The first-order valence-corrected chi connectivity index (χ1v) is 14.2. The molecular weight excluding hydrogens is 514 g/mol. The van der Waals surface area contributed by atoms with Gasteiger partial charge in [0, 0.05) is 32.9 Å². The zero-order valence-electron chi connectivity index (χ0n) is 22.5. The number of hydrogen-bond acceptors (Lipinski definition) is 1. The highest BCUT2D eigenvalue weighted by Crippen LogP contribution is 2.35. The lowest BCUT2D eigenvalue weighted by atomic mass is 10.2. The number of para-hydroxylation sites is 4. The number of aromatic nitrogens is 5. The molecule has 10 aromatic rings. The van der Waals surface area contributed by atoms with E-state index in [1.807, 2.05) is 0 Å². The van der Waals surface area contributed by atoms with Crippen molar-refractivity contribution in [3.8, 4) is 11.4 Å². The fraction of sp³-hybridized carbons (Fsp3) is 0. The van der Waals surface area contributed by atoms with Gasteiger partial charge in [0.25, 0.3) is 0 Å². The third-order valence-corrected chi connectivity index (χ3v) is 8.78. The molecule has 0 unspecified atom stereocenters. The summed E-state index contributed by atoms with van der Waals surface area (Å²) in [6.45, 7) is 0. The van der Waals surface area contributed by atoms with Crippen molar-refractivity contribution in [2.45, 2.75) is 0 Å². The summed E-state index contributed by atoms with van der Waals surface area (Å²) in [4.78, 5) is 8.55. The van der Waals surface area contributed by atoms with Crippen LogP contribution in [0.3, 0.4) is 0 Å². The molecule has 0 aliphatic rings. The maximum atomic E-state index is 4.98. The Labute approximate surface area is 239 Å². The highest BCUT2D eigenvalue weighted by molar-refractivity contribution is 6.10. The number of nitrogens with one attached hydrogen (secondary N) is 1. The van der Waals surface area contributed by atoms with Crippen molar-refractivity contribution in [1.29, 1.82) is 0 Å². The Kier molecular flexibility index (Phi) is 4.12. The van der Waals surface area contributed by atoms with Crippen LogP contribution in [0.2, 0.25) is 0 Å². The minimum Gasteiger partial charge on any atom is -0.323 e. The molecule has 4 heterocycles. The standard InChI is InChI=1S/C37H23N5/c1-5-13-31-25(9-1)26-10-2-6-14-32(26)40(31)23-17-19-29-35(21-23)42-36-22-24(18-20-30(36)39-37(42)38-29)41-33-15-7-3-11-27(33)28-12-4-8-16-34(28)41/h1-22H,(H,38,39). The second kappa shape index (κ2) is 7.89. The topological polar surface area (TPSA) is 43.0 Å². The van der Waals surface area contributed by atoms with Gasteiger partial charge in [-0.3, -0.25) is 4.40 Å². The lowest BCUT2D eigenvalue weighted by Gasteiger charge is -2.09. The monoisotopic (exact) mass is 537 g/mol. The van der Waals surface area contributed by atoms with Crippen molar-refractivity contribution < 1.29 is 0 Å². The van der Waals surface area contributed by atoms with Gasteiger partial charge in [-0.1, -0.05) is 72.8 Å². The first-order chi connectivity index (χ1) is 20.8. The summed E-state index contributed by atoms with van der Waals surface area (Å²) >= 11 is 0.